The molecule has 22 heavy (non-hydrogen) atoms. The standard InChI is InChI=1S/C18H19N3O/c1-12-8-15(16-10-18(19)21-20-16)17(9-13(12)2)22-11-14-6-4-3-5-7-14/h3-10H,11H2,1-2H3,(H3,19,20,21). The third-order valence-electron chi connectivity index (χ3n) is 3.72. The predicted molar refractivity (Wildman–Crippen MR) is 88.7 cm³/mol. The predicted octanol–water partition coefficient (Wildman–Crippen LogP) is 3.85. The van der Waals surface area contributed by atoms with Gasteiger partial charge in [-0.05, 0) is 42.7 Å². The van der Waals surface area contributed by atoms with E-state index < -0.39 is 0 Å². The van der Waals surface area contributed by atoms with Gasteiger partial charge in [-0.15, -0.1) is 0 Å². The van der Waals surface area contributed by atoms with E-state index in [1.54, 1.807) is 0 Å². The van der Waals surface area contributed by atoms with Gasteiger partial charge in [0.15, 0.2) is 0 Å². The molecule has 1 heterocycles. The van der Waals surface area contributed by atoms with Crippen LogP contribution in [0.1, 0.15) is 16.7 Å². The third-order valence-corrected chi connectivity index (χ3v) is 3.72. The molecule has 112 valence electrons. The SMILES string of the molecule is Cc1cc(OCc2ccccc2)c(-c2cc(N)n[nH]2)cc1C. The maximum Gasteiger partial charge on any atom is 0.145 e. The van der Waals surface area contributed by atoms with Gasteiger partial charge < -0.3 is 10.5 Å². The van der Waals surface area contributed by atoms with E-state index >= 15 is 0 Å². The second-order valence-corrected chi connectivity index (χ2v) is 5.41. The Morgan fingerprint density at radius 2 is 1.77 bits per heavy atom. The zero-order valence-corrected chi connectivity index (χ0v) is 12.8. The molecule has 0 aliphatic heterocycles. The fourth-order valence-corrected chi connectivity index (χ4v) is 2.33. The number of nitrogens with zero attached hydrogens (tertiary/aromatic N) is 1. The summed E-state index contributed by atoms with van der Waals surface area (Å²) in [4.78, 5) is 0. The van der Waals surface area contributed by atoms with Crippen LogP contribution >= 0.6 is 0 Å². The number of ether oxygens (including phenoxy) is 1. The molecule has 0 unspecified atom stereocenters. The molecule has 0 saturated heterocycles. The molecule has 2 aromatic carbocycles. The Morgan fingerprint density at radius 1 is 1.05 bits per heavy atom. The van der Waals surface area contributed by atoms with Gasteiger partial charge in [0, 0.05) is 11.6 Å². The van der Waals surface area contributed by atoms with Gasteiger partial charge in [-0.2, -0.15) is 5.10 Å². The van der Waals surface area contributed by atoms with Crippen LogP contribution < -0.4 is 10.5 Å². The molecule has 0 atom stereocenters. The summed E-state index contributed by atoms with van der Waals surface area (Å²) in [5, 5.41) is 6.95. The molecule has 3 aromatic rings. The number of hydrogen-bond acceptors (Lipinski definition) is 3. The summed E-state index contributed by atoms with van der Waals surface area (Å²) >= 11 is 0. The van der Waals surface area contributed by atoms with Crippen molar-refractivity contribution in [2.45, 2.75) is 20.5 Å². The fourth-order valence-electron chi connectivity index (χ4n) is 2.33. The molecule has 1 aromatic heterocycles. The van der Waals surface area contributed by atoms with Crippen LogP contribution in [0.2, 0.25) is 0 Å². The van der Waals surface area contributed by atoms with Gasteiger partial charge in [-0.25, -0.2) is 0 Å². The van der Waals surface area contributed by atoms with Gasteiger partial charge >= 0.3 is 0 Å². The monoisotopic (exact) mass is 293 g/mol. The van der Waals surface area contributed by atoms with Crippen LogP contribution in [0.3, 0.4) is 0 Å². The fraction of sp³-hybridized carbons (Fsp3) is 0.167. The molecule has 4 nitrogen and oxygen atoms in total. The van der Waals surface area contributed by atoms with Crippen LogP contribution in [0.4, 0.5) is 5.82 Å². The highest BCUT2D eigenvalue weighted by Crippen LogP contribution is 2.32. The van der Waals surface area contributed by atoms with E-state index in [0.717, 1.165) is 22.6 Å². The van der Waals surface area contributed by atoms with Crippen LogP contribution in [-0.2, 0) is 6.61 Å². The first-order chi connectivity index (χ1) is 10.6. The number of anilines is 1. The molecule has 0 aliphatic carbocycles. The Hall–Kier alpha value is -2.75. The number of nitrogens with two attached hydrogens (primary N) is 1. The minimum Gasteiger partial charge on any atom is -0.488 e. The van der Waals surface area contributed by atoms with Crippen molar-refractivity contribution in [1.82, 2.24) is 10.2 Å². The molecule has 0 saturated carbocycles. The van der Waals surface area contributed by atoms with Crippen molar-refractivity contribution in [3.8, 4) is 17.0 Å². The Bertz CT molecular complexity index is 778. The number of aromatic nitrogens is 2. The van der Waals surface area contributed by atoms with E-state index in [1.165, 1.54) is 11.1 Å². The molecule has 0 radical (unpaired) electrons. The molecule has 0 bridgehead atoms. The van der Waals surface area contributed by atoms with Gasteiger partial charge in [0.25, 0.3) is 0 Å². The number of benzene rings is 2. The van der Waals surface area contributed by atoms with E-state index in [4.69, 9.17) is 10.5 Å². The molecule has 3 rings (SSSR count). The second kappa shape index (κ2) is 5.93. The van der Waals surface area contributed by atoms with E-state index in [-0.39, 0.29) is 0 Å². The average Bonchev–Trinajstić information content (AvgIpc) is 2.95. The van der Waals surface area contributed by atoms with Crippen LogP contribution in [0, 0.1) is 13.8 Å². The third kappa shape index (κ3) is 2.96. The van der Waals surface area contributed by atoms with Gasteiger partial charge in [0.1, 0.15) is 18.2 Å². The first kappa shape index (κ1) is 14.2. The Labute approximate surface area is 129 Å². The van der Waals surface area contributed by atoms with Crippen molar-refractivity contribution < 1.29 is 4.74 Å². The summed E-state index contributed by atoms with van der Waals surface area (Å²) in [7, 11) is 0. The number of hydrogen-bond donors (Lipinski definition) is 2. The minimum atomic E-state index is 0.474. The van der Waals surface area contributed by atoms with E-state index in [0.29, 0.717) is 12.4 Å². The molecule has 0 fully saturated rings. The number of nitrogens with one attached hydrogen (secondary N) is 1. The molecule has 0 spiro atoms. The highest BCUT2D eigenvalue weighted by Gasteiger charge is 2.11. The summed E-state index contributed by atoms with van der Waals surface area (Å²) in [6.07, 6.45) is 0. The molecular weight excluding hydrogens is 274 g/mol. The highest BCUT2D eigenvalue weighted by molar-refractivity contribution is 5.70. The van der Waals surface area contributed by atoms with Crippen LogP contribution in [-0.4, -0.2) is 10.2 Å². The maximum absolute atomic E-state index is 6.03. The summed E-state index contributed by atoms with van der Waals surface area (Å²) < 4.78 is 6.03. The largest absolute Gasteiger partial charge is 0.488 e. The lowest BCUT2D eigenvalue weighted by Crippen LogP contribution is -1.98. The van der Waals surface area contributed by atoms with Gasteiger partial charge in [-0.1, -0.05) is 30.3 Å². The number of nitrogen functional groups attached to an aromatic ring is 1. The summed E-state index contributed by atoms with van der Waals surface area (Å²) in [5.41, 5.74) is 11.1. The lowest BCUT2D eigenvalue weighted by atomic mass is 10.0. The second-order valence-electron chi connectivity index (χ2n) is 5.41. The minimum absolute atomic E-state index is 0.474. The Kier molecular flexibility index (Phi) is 3.83. The lowest BCUT2D eigenvalue weighted by molar-refractivity contribution is 0.307. The van der Waals surface area contributed by atoms with Crippen LogP contribution in [0.15, 0.2) is 48.5 Å². The Morgan fingerprint density at radius 3 is 2.45 bits per heavy atom. The van der Waals surface area contributed by atoms with Crippen molar-refractivity contribution in [1.29, 1.82) is 0 Å². The van der Waals surface area contributed by atoms with Crippen molar-refractivity contribution in [2.24, 2.45) is 0 Å². The highest BCUT2D eigenvalue weighted by atomic mass is 16.5. The van der Waals surface area contributed by atoms with Gasteiger partial charge in [0.2, 0.25) is 0 Å². The smallest absolute Gasteiger partial charge is 0.145 e. The van der Waals surface area contributed by atoms with Crippen LogP contribution in [0.25, 0.3) is 11.3 Å². The summed E-state index contributed by atoms with van der Waals surface area (Å²) in [6, 6.07) is 16.1. The average molecular weight is 293 g/mol. The lowest BCUT2D eigenvalue weighted by Gasteiger charge is -2.13. The summed E-state index contributed by atoms with van der Waals surface area (Å²) in [6.45, 7) is 4.69. The summed E-state index contributed by atoms with van der Waals surface area (Å²) in [5.74, 6) is 1.30. The molecule has 3 N–H and O–H groups in total. The van der Waals surface area contributed by atoms with Crippen LogP contribution in [0.5, 0.6) is 5.75 Å². The van der Waals surface area contributed by atoms with Gasteiger partial charge in [-0.3, -0.25) is 5.10 Å². The first-order valence-electron chi connectivity index (χ1n) is 7.22. The van der Waals surface area contributed by atoms with E-state index in [1.807, 2.05) is 24.3 Å². The number of rotatable bonds is 4. The van der Waals surface area contributed by atoms with Crippen molar-refractivity contribution in [2.75, 3.05) is 5.73 Å². The van der Waals surface area contributed by atoms with Crippen molar-refractivity contribution >= 4 is 5.82 Å². The van der Waals surface area contributed by atoms with Crippen molar-refractivity contribution in [3.05, 3.63) is 65.2 Å². The Balaban J connectivity index is 1.93. The van der Waals surface area contributed by atoms with Crippen molar-refractivity contribution in [3.63, 3.8) is 0 Å². The topological polar surface area (TPSA) is 63.9 Å². The zero-order valence-electron chi connectivity index (χ0n) is 12.8. The number of aromatic amines is 1. The molecule has 4 heteroatoms. The maximum atomic E-state index is 6.03. The van der Waals surface area contributed by atoms with E-state index in [9.17, 15) is 0 Å². The van der Waals surface area contributed by atoms with E-state index in [2.05, 4.69) is 48.3 Å². The first-order valence-corrected chi connectivity index (χ1v) is 7.22. The number of H-pyrrole nitrogens is 1. The molecular formula is C18H19N3O. The zero-order chi connectivity index (χ0) is 15.5. The van der Waals surface area contributed by atoms with Gasteiger partial charge in [0.05, 0.1) is 5.69 Å². The quantitative estimate of drug-likeness (QED) is 0.768. The normalized spacial score (nSPS) is 10.6. The molecule has 0 aliphatic rings. The molecule has 0 amide bonds. The number of aryl methyl sites for hydroxylation is 2.